The molecule has 0 amide bonds. The van der Waals surface area contributed by atoms with Crippen LogP contribution in [-0.2, 0) is 9.84 Å². The highest BCUT2D eigenvalue weighted by Gasteiger charge is 2.36. The van der Waals surface area contributed by atoms with Crippen molar-refractivity contribution in [2.24, 2.45) is 0 Å². The quantitative estimate of drug-likeness (QED) is 0.656. The van der Waals surface area contributed by atoms with Crippen molar-refractivity contribution in [3.05, 3.63) is 4.88 Å². The van der Waals surface area contributed by atoms with Crippen molar-refractivity contribution >= 4 is 37.6 Å². The third-order valence-electron chi connectivity index (χ3n) is 3.44. The first kappa shape index (κ1) is 16.2. The van der Waals surface area contributed by atoms with Crippen LogP contribution in [0.4, 0.5) is 10.7 Å². The van der Waals surface area contributed by atoms with E-state index in [1.807, 2.05) is 0 Å². The molecule has 9 heteroatoms. The SMILES string of the molecule is CCS(=O)(=O)c1c(N2CC(O)C(O)C2)sc(C(C)=O)c1N. The van der Waals surface area contributed by atoms with Crippen molar-refractivity contribution < 1.29 is 23.4 Å². The summed E-state index contributed by atoms with van der Waals surface area (Å²) < 4.78 is 24.5. The first-order valence-electron chi connectivity index (χ1n) is 6.46. The van der Waals surface area contributed by atoms with Gasteiger partial charge in [0, 0.05) is 20.0 Å². The zero-order valence-electron chi connectivity index (χ0n) is 11.7. The smallest absolute Gasteiger partial charge is 0.183 e. The van der Waals surface area contributed by atoms with Crippen molar-refractivity contribution in [2.45, 2.75) is 31.0 Å². The fourth-order valence-corrected chi connectivity index (χ4v) is 4.99. The summed E-state index contributed by atoms with van der Waals surface area (Å²) >= 11 is 0.988. The highest BCUT2D eigenvalue weighted by atomic mass is 32.2. The molecule has 0 radical (unpaired) electrons. The normalized spacial score (nSPS) is 22.8. The van der Waals surface area contributed by atoms with Gasteiger partial charge in [-0.05, 0) is 0 Å². The van der Waals surface area contributed by atoms with E-state index in [9.17, 15) is 23.4 Å². The Kier molecular flexibility index (Phi) is 4.29. The van der Waals surface area contributed by atoms with E-state index in [1.54, 1.807) is 4.90 Å². The highest BCUT2D eigenvalue weighted by Crippen LogP contribution is 2.43. The average molecular weight is 334 g/mol. The number of anilines is 2. The van der Waals surface area contributed by atoms with E-state index in [0.29, 0.717) is 5.00 Å². The van der Waals surface area contributed by atoms with Crippen LogP contribution in [-0.4, -0.2) is 55.5 Å². The van der Waals surface area contributed by atoms with Gasteiger partial charge in [-0.1, -0.05) is 6.92 Å². The Balaban J connectivity index is 2.60. The molecule has 0 saturated carbocycles. The van der Waals surface area contributed by atoms with E-state index in [1.165, 1.54) is 13.8 Å². The zero-order chi connectivity index (χ0) is 15.9. The van der Waals surface area contributed by atoms with Gasteiger partial charge in [-0.3, -0.25) is 4.79 Å². The first-order valence-corrected chi connectivity index (χ1v) is 8.93. The molecule has 4 N–H and O–H groups in total. The van der Waals surface area contributed by atoms with Crippen LogP contribution in [0.15, 0.2) is 4.90 Å². The lowest BCUT2D eigenvalue weighted by Gasteiger charge is -2.17. The second kappa shape index (κ2) is 5.56. The van der Waals surface area contributed by atoms with Crippen LogP contribution < -0.4 is 10.6 Å². The van der Waals surface area contributed by atoms with Gasteiger partial charge in [-0.25, -0.2) is 8.42 Å². The fourth-order valence-electron chi connectivity index (χ4n) is 2.27. The Labute approximate surface area is 126 Å². The van der Waals surface area contributed by atoms with Gasteiger partial charge in [0.25, 0.3) is 0 Å². The number of aliphatic hydroxyl groups excluding tert-OH is 2. The van der Waals surface area contributed by atoms with Gasteiger partial charge in [0.05, 0.1) is 28.5 Å². The lowest BCUT2D eigenvalue weighted by molar-refractivity contribution is 0.0572. The number of Topliss-reactive ketones (excluding diaryl/α,β-unsaturated/α-hetero) is 1. The number of sulfone groups is 1. The molecular weight excluding hydrogens is 316 g/mol. The van der Waals surface area contributed by atoms with Crippen LogP contribution in [0.2, 0.25) is 0 Å². The maximum absolute atomic E-state index is 12.3. The number of β-amino-alcohol motifs (C(OH)–C–C–N with tert-alkyl or cyclic N) is 2. The minimum atomic E-state index is -3.62. The minimum absolute atomic E-state index is 0.0415. The molecule has 2 atom stereocenters. The predicted molar refractivity (Wildman–Crippen MR) is 80.7 cm³/mol. The summed E-state index contributed by atoms with van der Waals surface area (Å²) in [5, 5.41) is 19.6. The first-order chi connectivity index (χ1) is 9.69. The average Bonchev–Trinajstić information content (AvgIpc) is 2.91. The lowest BCUT2D eigenvalue weighted by Crippen LogP contribution is -2.22. The van der Waals surface area contributed by atoms with Gasteiger partial charge >= 0.3 is 0 Å². The van der Waals surface area contributed by atoms with Crippen LogP contribution in [0.5, 0.6) is 0 Å². The highest BCUT2D eigenvalue weighted by molar-refractivity contribution is 7.92. The summed E-state index contributed by atoms with van der Waals surface area (Å²) in [6.07, 6.45) is -1.91. The maximum Gasteiger partial charge on any atom is 0.183 e. The number of nitrogens with two attached hydrogens (primary N) is 1. The number of rotatable bonds is 4. The van der Waals surface area contributed by atoms with Crippen molar-refractivity contribution in [3.63, 3.8) is 0 Å². The summed E-state index contributed by atoms with van der Waals surface area (Å²) in [6, 6.07) is 0. The maximum atomic E-state index is 12.3. The van der Waals surface area contributed by atoms with E-state index < -0.39 is 22.0 Å². The van der Waals surface area contributed by atoms with E-state index in [-0.39, 0.29) is 40.1 Å². The number of hydrogen-bond donors (Lipinski definition) is 3. The molecule has 1 aromatic heterocycles. The lowest BCUT2D eigenvalue weighted by atomic mass is 10.3. The molecule has 0 bridgehead atoms. The summed E-state index contributed by atoms with van der Waals surface area (Å²) in [7, 11) is -3.62. The molecule has 7 nitrogen and oxygen atoms in total. The molecule has 0 spiro atoms. The van der Waals surface area contributed by atoms with Crippen molar-refractivity contribution in [1.82, 2.24) is 0 Å². The Hall–Kier alpha value is -1.16. The number of nitrogen functional groups attached to an aromatic ring is 1. The molecule has 2 unspecified atom stereocenters. The van der Waals surface area contributed by atoms with Crippen molar-refractivity contribution in [2.75, 3.05) is 29.5 Å². The van der Waals surface area contributed by atoms with Gasteiger partial charge in [0.15, 0.2) is 15.6 Å². The third kappa shape index (κ3) is 2.78. The molecule has 2 heterocycles. The Bertz CT molecular complexity index is 657. The number of aliphatic hydroxyl groups is 2. The van der Waals surface area contributed by atoms with Gasteiger partial charge < -0.3 is 20.8 Å². The number of carbonyl (C=O) groups excluding carboxylic acids is 1. The van der Waals surface area contributed by atoms with Crippen LogP contribution in [0.25, 0.3) is 0 Å². The Morgan fingerprint density at radius 1 is 1.38 bits per heavy atom. The van der Waals surface area contributed by atoms with E-state index in [2.05, 4.69) is 0 Å². The van der Waals surface area contributed by atoms with Gasteiger partial charge in [0.2, 0.25) is 0 Å². The molecule has 118 valence electrons. The van der Waals surface area contributed by atoms with E-state index in [4.69, 9.17) is 5.73 Å². The standard InChI is InChI=1S/C12H18N2O5S2/c1-3-21(18,19)11-9(13)10(6(2)15)20-12(11)14-4-7(16)8(17)5-14/h7-8,16-17H,3-5,13H2,1-2H3. The number of nitrogens with zero attached hydrogens (tertiary/aromatic N) is 1. The topological polar surface area (TPSA) is 121 Å². The molecular formula is C12H18N2O5S2. The van der Waals surface area contributed by atoms with Gasteiger partial charge in [-0.2, -0.15) is 0 Å². The van der Waals surface area contributed by atoms with Crippen molar-refractivity contribution in [3.8, 4) is 0 Å². The monoisotopic (exact) mass is 334 g/mol. The molecule has 21 heavy (non-hydrogen) atoms. The molecule has 1 aliphatic rings. The van der Waals surface area contributed by atoms with Gasteiger partial charge in [-0.15, -0.1) is 11.3 Å². The summed E-state index contributed by atoms with van der Waals surface area (Å²) in [5.74, 6) is -0.450. The molecule has 1 aliphatic heterocycles. The second-order valence-corrected chi connectivity index (χ2v) is 8.19. The van der Waals surface area contributed by atoms with Crippen LogP contribution in [0, 0.1) is 0 Å². The summed E-state index contributed by atoms with van der Waals surface area (Å²) in [5.41, 5.74) is 5.82. The predicted octanol–water partition coefficient (Wildman–Crippen LogP) is -0.132. The molecule has 0 aromatic carbocycles. The number of thiophene rings is 1. The summed E-state index contributed by atoms with van der Waals surface area (Å²) in [4.78, 5) is 13.3. The van der Waals surface area contributed by atoms with Gasteiger partial charge in [0.1, 0.15) is 9.90 Å². The number of hydrogen-bond acceptors (Lipinski definition) is 8. The minimum Gasteiger partial charge on any atom is -0.396 e. The fraction of sp³-hybridized carbons (Fsp3) is 0.583. The second-order valence-electron chi connectivity index (χ2n) is 4.98. The van der Waals surface area contributed by atoms with Crippen LogP contribution >= 0.6 is 11.3 Å². The Morgan fingerprint density at radius 3 is 2.33 bits per heavy atom. The van der Waals surface area contributed by atoms with Crippen LogP contribution in [0.1, 0.15) is 23.5 Å². The van der Waals surface area contributed by atoms with Crippen LogP contribution in [0.3, 0.4) is 0 Å². The molecule has 1 saturated heterocycles. The zero-order valence-corrected chi connectivity index (χ0v) is 13.4. The Morgan fingerprint density at radius 2 is 1.90 bits per heavy atom. The molecule has 2 rings (SSSR count). The van der Waals surface area contributed by atoms with Crippen molar-refractivity contribution in [1.29, 1.82) is 0 Å². The molecule has 0 aliphatic carbocycles. The molecule has 1 aromatic rings. The van der Waals surface area contributed by atoms with E-state index >= 15 is 0 Å². The largest absolute Gasteiger partial charge is 0.396 e. The summed E-state index contributed by atoms with van der Waals surface area (Å²) in [6.45, 7) is 3.02. The van der Waals surface area contributed by atoms with E-state index in [0.717, 1.165) is 11.3 Å². The number of ketones is 1. The number of carbonyl (C=O) groups is 1. The molecule has 1 fully saturated rings. The third-order valence-corrected chi connectivity index (χ3v) is 6.73.